The van der Waals surface area contributed by atoms with Crippen molar-refractivity contribution in [3.05, 3.63) is 35.9 Å². The van der Waals surface area contributed by atoms with Crippen LogP contribution in [0.15, 0.2) is 30.3 Å². The van der Waals surface area contributed by atoms with E-state index < -0.39 is 0 Å². The molecule has 2 rings (SSSR count). The zero-order valence-corrected chi connectivity index (χ0v) is 11.3. The Hall–Kier alpha value is -1.19. The first-order chi connectivity index (χ1) is 8.46. The highest BCUT2D eigenvalue weighted by Gasteiger charge is 2.32. The number of nitrogens with one attached hydrogen (secondary N) is 1. The number of ether oxygens (including phenoxy) is 1. The van der Waals surface area contributed by atoms with Gasteiger partial charge in [0.1, 0.15) is 6.23 Å². The van der Waals surface area contributed by atoms with Crippen LogP contribution in [-0.2, 0) is 4.74 Å². The van der Waals surface area contributed by atoms with Crippen LogP contribution in [0.3, 0.4) is 0 Å². The quantitative estimate of drug-likeness (QED) is 0.835. The number of ketones is 1. The first-order valence-corrected chi connectivity index (χ1v) is 6.48. The molecule has 0 saturated carbocycles. The lowest BCUT2D eigenvalue weighted by molar-refractivity contribution is -0.0856. The van der Waals surface area contributed by atoms with Gasteiger partial charge in [-0.15, -0.1) is 0 Å². The molecule has 0 aliphatic carbocycles. The van der Waals surface area contributed by atoms with Gasteiger partial charge in [-0.1, -0.05) is 30.3 Å². The highest BCUT2D eigenvalue weighted by molar-refractivity contribution is 5.96. The lowest BCUT2D eigenvalue weighted by atomic mass is 9.94. The Labute approximate surface area is 109 Å². The van der Waals surface area contributed by atoms with Gasteiger partial charge >= 0.3 is 0 Å². The molecule has 3 heteroatoms. The van der Waals surface area contributed by atoms with Crippen LogP contribution in [0.25, 0.3) is 0 Å². The Morgan fingerprint density at radius 2 is 2.06 bits per heavy atom. The summed E-state index contributed by atoms with van der Waals surface area (Å²) >= 11 is 0. The molecule has 1 heterocycles. The van der Waals surface area contributed by atoms with E-state index >= 15 is 0 Å². The first kappa shape index (κ1) is 13.2. The molecule has 1 aromatic carbocycles. The Bertz CT molecular complexity index is 414. The molecular formula is C15H21NO2. The lowest BCUT2D eigenvalue weighted by Crippen LogP contribution is -2.55. The third-order valence-electron chi connectivity index (χ3n) is 3.21. The molecule has 1 aliphatic heterocycles. The second-order valence-electron chi connectivity index (χ2n) is 5.66. The van der Waals surface area contributed by atoms with E-state index in [1.165, 1.54) is 0 Å². The molecule has 3 nitrogen and oxygen atoms in total. The number of Topliss-reactive ketones (excluding diaryl/α,β-unsaturated/α-hetero) is 1. The van der Waals surface area contributed by atoms with Crippen molar-refractivity contribution in [2.75, 3.05) is 0 Å². The number of rotatable bonds is 3. The first-order valence-electron chi connectivity index (χ1n) is 6.48. The van der Waals surface area contributed by atoms with Gasteiger partial charge in [0.15, 0.2) is 5.78 Å². The summed E-state index contributed by atoms with van der Waals surface area (Å²) in [5.74, 6) is 0.123. The van der Waals surface area contributed by atoms with Crippen molar-refractivity contribution in [3.8, 4) is 0 Å². The number of benzene rings is 1. The van der Waals surface area contributed by atoms with Crippen molar-refractivity contribution in [3.63, 3.8) is 0 Å². The SMILES string of the molecule is CC1CC(C)(C)NC(CC(=O)c2ccccc2)O1. The average Bonchev–Trinajstić information content (AvgIpc) is 2.27. The molecule has 1 aromatic rings. The van der Waals surface area contributed by atoms with Crippen LogP contribution >= 0.6 is 0 Å². The predicted molar refractivity (Wildman–Crippen MR) is 71.6 cm³/mol. The highest BCUT2D eigenvalue weighted by Crippen LogP contribution is 2.23. The van der Waals surface area contributed by atoms with Crippen molar-refractivity contribution in [2.24, 2.45) is 0 Å². The average molecular weight is 247 g/mol. The van der Waals surface area contributed by atoms with Gasteiger partial charge in [0.25, 0.3) is 0 Å². The smallest absolute Gasteiger partial charge is 0.166 e. The Morgan fingerprint density at radius 1 is 1.39 bits per heavy atom. The molecule has 0 radical (unpaired) electrons. The van der Waals surface area contributed by atoms with E-state index in [1.807, 2.05) is 30.3 Å². The molecule has 0 aromatic heterocycles. The van der Waals surface area contributed by atoms with Crippen molar-refractivity contribution < 1.29 is 9.53 Å². The molecule has 18 heavy (non-hydrogen) atoms. The molecular weight excluding hydrogens is 226 g/mol. The third kappa shape index (κ3) is 3.40. The van der Waals surface area contributed by atoms with Crippen molar-refractivity contribution >= 4 is 5.78 Å². The monoisotopic (exact) mass is 247 g/mol. The van der Waals surface area contributed by atoms with E-state index in [1.54, 1.807) is 0 Å². The maximum atomic E-state index is 12.1. The second-order valence-corrected chi connectivity index (χ2v) is 5.66. The Morgan fingerprint density at radius 3 is 2.67 bits per heavy atom. The maximum absolute atomic E-state index is 12.1. The normalized spacial score (nSPS) is 26.8. The van der Waals surface area contributed by atoms with E-state index in [0.717, 1.165) is 12.0 Å². The summed E-state index contributed by atoms with van der Waals surface area (Å²) in [7, 11) is 0. The Kier molecular flexibility index (Phi) is 3.83. The number of hydrogen-bond donors (Lipinski definition) is 1. The molecule has 98 valence electrons. The number of carbonyl (C=O) groups is 1. The van der Waals surface area contributed by atoms with E-state index in [2.05, 4.69) is 26.1 Å². The van der Waals surface area contributed by atoms with Gasteiger partial charge < -0.3 is 4.74 Å². The summed E-state index contributed by atoms with van der Waals surface area (Å²) < 4.78 is 5.78. The fraction of sp³-hybridized carbons (Fsp3) is 0.533. The molecule has 2 atom stereocenters. The Balaban J connectivity index is 1.99. The molecule has 1 N–H and O–H groups in total. The number of carbonyl (C=O) groups excluding carboxylic acids is 1. The topological polar surface area (TPSA) is 38.3 Å². The van der Waals surface area contributed by atoms with Crippen LogP contribution in [0.4, 0.5) is 0 Å². The molecule has 0 spiro atoms. The van der Waals surface area contributed by atoms with Crippen LogP contribution in [0.2, 0.25) is 0 Å². The van der Waals surface area contributed by atoms with Crippen LogP contribution in [0.1, 0.15) is 44.0 Å². The van der Waals surface area contributed by atoms with Crippen LogP contribution in [-0.4, -0.2) is 23.7 Å². The third-order valence-corrected chi connectivity index (χ3v) is 3.21. The zero-order chi connectivity index (χ0) is 13.2. The summed E-state index contributed by atoms with van der Waals surface area (Å²) in [6.45, 7) is 6.35. The maximum Gasteiger partial charge on any atom is 0.166 e. The molecule has 2 unspecified atom stereocenters. The summed E-state index contributed by atoms with van der Waals surface area (Å²) in [5, 5.41) is 3.38. The standard InChI is InChI=1S/C15H21NO2/c1-11-10-15(2,3)16-14(18-11)9-13(17)12-7-5-4-6-8-12/h4-8,11,14,16H,9-10H2,1-3H3. The van der Waals surface area contributed by atoms with E-state index in [4.69, 9.17) is 4.74 Å². The van der Waals surface area contributed by atoms with Crippen LogP contribution in [0, 0.1) is 0 Å². The van der Waals surface area contributed by atoms with Gasteiger partial charge in [0.05, 0.1) is 12.5 Å². The molecule has 1 fully saturated rings. The number of hydrogen-bond acceptors (Lipinski definition) is 3. The highest BCUT2D eigenvalue weighted by atomic mass is 16.5. The van der Waals surface area contributed by atoms with Gasteiger partial charge in [-0.25, -0.2) is 0 Å². The van der Waals surface area contributed by atoms with Crippen molar-refractivity contribution in [1.82, 2.24) is 5.32 Å². The van der Waals surface area contributed by atoms with Crippen molar-refractivity contribution in [1.29, 1.82) is 0 Å². The van der Waals surface area contributed by atoms with Gasteiger partial charge in [-0.3, -0.25) is 10.1 Å². The molecule has 1 saturated heterocycles. The van der Waals surface area contributed by atoms with Crippen LogP contribution < -0.4 is 5.32 Å². The minimum atomic E-state index is -0.184. The minimum Gasteiger partial charge on any atom is -0.360 e. The molecule has 1 aliphatic rings. The van der Waals surface area contributed by atoms with Gasteiger partial charge in [0, 0.05) is 11.1 Å². The van der Waals surface area contributed by atoms with E-state index in [-0.39, 0.29) is 23.7 Å². The fourth-order valence-corrected chi connectivity index (χ4v) is 2.59. The van der Waals surface area contributed by atoms with Crippen LogP contribution in [0.5, 0.6) is 0 Å². The summed E-state index contributed by atoms with van der Waals surface area (Å²) in [6, 6.07) is 9.38. The lowest BCUT2D eigenvalue weighted by Gasteiger charge is -2.40. The van der Waals surface area contributed by atoms with Gasteiger partial charge in [-0.05, 0) is 27.2 Å². The van der Waals surface area contributed by atoms with Gasteiger partial charge in [0.2, 0.25) is 0 Å². The largest absolute Gasteiger partial charge is 0.360 e. The fourth-order valence-electron chi connectivity index (χ4n) is 2.59. The second kappa shape index (κ2) is 5.21. The zero-order valence-electron chi connectivity index (χ0n) is 11.3. The van der Waals surface area contributed by atoms with Crippen molar-refractivity contribution in [2.45, 2.75) is 51.5 Å². The summed E-state index contributed by atoms with van der Waals surface area (Å²) in [4.78, 5) is 12.1. The minimum absolute atomic E-state index is 0.0271. The van der Waals surface area contributed by atoms with Gasteiger partial charge in [-0.2, -0.15) is 0 Å². The molecule has 0 amide bonds. The van der Waals surface area contributed by atoms with E-state index in [9.17, 15) is 4.79 Å². The predicted octanol–water partition coefficient (Wildman–Crippen LogP) is 2.76. The summed E-state index contributed by atoms with van der Waals surface area (Å²) in [6.07, 6.45) is 1.35. The van der Waals surface area contributed by atoms with E-state index in [0.29, 0.717) is 6.42 Å². The summed E-state index contributed by atoms with van der Waals surface area (Å²) in [5.41, 5.74) is 0.776. The molecule has 0 bridgehead atoms.